The number of nitrogens with one attached hydrogen (secondary N) is 1. The molecule has 6 nitrogen and oxygen atoms in total. The van der Waals surface area contributed by atoms with E-state index in [0.29, 0.717) is 40.6 Å². The van der Waals surface area contributed by atoms with Gasteiger partial charge in [-0.2, -0.15) is 0 Å². The average molecular weight is 444 g/mol. The van der Waals surface area contributed by atoms with E-state index in [-0.39, 0.29) is 11.8 Å². The number of phenols is 1. The lowest BCUT2D eigenvalue weighted by Crippen LogP contribution is -2.48. The predicted octanol–water partition coefficient (Wildman–Crippen LogP) is 4.09. The molecule has 31 heavy (non-hydrogen) atoms. The maximum atomic E-state index is 14.7. The average Bonchev–Trinajstić information content (AvgIpc) is 3.38. The van der Waals surface area contributed by atoms with Gasteiger partial charge in [-0.1, -0.05) is 0 Å². The van der Waals surface area contributed by atoms with Crippen LogP contribution in [-0.2, 0) is 0 Å². The summed E-state index contributed by atoms with van der Waals surface area (Å²) in [5, 5.41) is 23.4. The van der Waals surface area contributed by atoms with E-state index in [1.807, 2.05) is 13.0 Å². The van der Waals surface area contributed by atoms with Gasteiger partial charge < -0.3 is 15.3 Å². The number of halogens is 2. The zero-order valence-corrected chi connectivity index (χ0v) is 17.9. The first kappa shape index (κ1) is 20.3. The van der Waals surface area contributed by atoms with E-state index in [1.165, 1.54) is 23.5 Å². The van der Waals surface area contributed by atoms with Gasteiger partial charge in [-0.05, 0) is 50.5 Å². The van der Waals surface area contributed by atoms with Crippen molar-refractivity contribution in [1.29, 1.82) is 0 Å². The topological polar surface area (TPSA) is 74.2 Å². The molecule has 3 aromatic rings. The number of aromatic hydroxyl groups is 1. The number of thiazole rings is 1. The quantitative estimate of drug-likeness (QED) is 0.619. The lowest BCUT2D eigenvalue weighted by atomic mass is 9.90. The molecule has 1 aliphatic carbocycles. The van der Waals surface area contributed by atoms with Crippen LogP contribution < -0.4 is 10.2 Å². The Bertz CT molecular complexity index is 1080. The Hall–Kier alpha value is -2.65. The van der Waals surface area contributed by atoms with Gasteiger partial charge in [0.15, 0.2) is 5.82 Å². The first-order valence-electron chi connectivity index (χ1n) is 10.4. The molecule has 1 aromatic carbocycles. The van der Waals surface area contributed by atoms with Gasteiger partial charge in [0.2, 0.25) is 0 Å². The molecule has 2 fully saturated rings. The van der Waals surface area contributed by atoms with Gasteiger partial charge >= 0.3 is 0 Å². The highest BCUT2D eigenvalue weighted by Crippen LogP contribution is 2.37. The second-order valence-electron chi connectivity index (χ2n) is 8.23. The zero-order valence-electron chi connectivity index (χ0n) is 17.1. The van der Waals surface area contributed by atoms with Crippen molar-refractivity contribution >= 4 is 17.2 Å². The summed E-state index contributed by atoms with van der Waals surface area (Å²) in [6, 6.07) is 6.88. The zero-order chi connectivity index (χ0) is 21.5. The smallest absolute Gasteiger partial charge is 0.151 e. The molecule has 9 heteroatoms. The van der Waals surface area contributed by atoms with Crippen molar-refractivity contribution < 1.29 is 13.9 Å². The van der Waals surface area contributed by atoms with Crippen molar-refractivity contribution in [2.45, 2.75) is 44.4 Å². The molecule has 1 saturated heterocycles. The summed E-state index contributed by atoms with van der Waals surface area (Å²) in [6.07, 6.45) is 3.13. The molecule has 0 bridgehead atoms. The SMILES string of the molecule is Cc1ncc(-c2cc(O)c(-c3ccc(N4CC[C@@H](N[C@H]5C[C@@H](F)C5)C4)nn3)cc2F)s1. The van der Waals surface area contributed by atoms with Crippen LogP contribution >= 0.6 is 11.3 Å². The molecule has 1 saturated carbocycles. The van der Waals surface area contributed by atoms with Crippen molar-refractivity contribution in [3.05, 3.63) is 41.3 Å². The van der Waals surface area contributed by atoms with Crippen LogP contribution in [0, 0.1) is 12.7 Å². The highest BCUT2D eigenvalue weighted by atomic mass is 32.1. The van der Waals surface area contributed by atoms with Gasteiger partial charge in [-0.3, -0.25) is 0 Å². The molecule has 1 aliphatic heterocycles. The summed E-state index contributed by atoms with van der Waals surface area (Å²) in [6.45, 7) is 3.49. The van der Waals surface area contributed by atoms with Gasteiger partial charge in [-0.25, -0.2) is 13.8 Å². The fourth-order valence-electron chi connectivity index (χ4n) is 4.20. The first-order chi connectivity index (χ1) is 15.0. The molecular formula is C22H23F2N5OS. The summed E-state index contributed by atoms with van der Waals surface area (Å²) in [5.74, 6) is 0.241. The number of aromatic nitrogens is 3. The molecule has 1 atom stereocenters. The molecule has 2 aliphatic rings. The second-order valence-corrected chi connectivity index (χ2v) is 9.47. The minimum Gasteiger partial charge on any atom is -0.507 e. The lowest BCUT2D eigenvalue weighted by Gasteiger charge is -2.33. The van der Waals surface area contributed by atoms with Crippen LogP contribution in [0.4, 0.5) is 14.6 Å². The maximum Gasteiger partial charge on any atom is 0.151 e. The summed E-state index contributed by atoms with van der Waals surface area (Å²) >= 11 is 1.37. The number of hydrogen-bond acceptors (Lipinski definition) is 7. The van der Waals surface area contributed by atoms with Crippen molar-refractivity contribution in [3.8, 4) is 27.4 Å². The molecule has 5 rings (SSSR count). The number of phenolic OH excluding ortho intramolecular Hbond substituents is 1. The number of anilines is 1. The molecule has 2 aromatic heterocycles. The monoisotopic (exact) mass is 443 g/mol. The van der Waals surface area contributed by atoms with Gasteiger partial charge in [-0.15, -0.1) is 21.5 Å². The molecule has 0 radical (unpaired) electrons. The van der Waals surface area contributed by atoms with Gasteiger partial charge in [0.05, 0.1) is 15.6 Å². The van der Waals surface area contributed by atoms with Crippen LogP contribution in [-0.4, -0.2) is 51.6 Å². The van der Waals surface area contributed by atoms with Crippen molar-refractivity contribution in [1.82, 2.24) is 20.5 Å². The van der Waals surface area contributed by atoms with Crippen molar-refractivity contribution in [3.63, 3.8) is 0 Å². The lowest BCUT2D eigenvalue weighted by molar-refractivity contribution is 0.148. The third kappa shape index (κ3) is 4.12. The van der Waals surface area contributed by atoms with E-state index in [0.717, 1.165) is 30.3 Å². The Morgan fingerprint density at radius 3 is 2.68 bits per heavy atom. The summed E-state index contributed by atoms with van der Waals surface area (Å²) in [4.78, 5) is 6.95. The van der Waals surface area contributed by atoms with E-state index in [2.05, 4.69) is 25.4 Å². The fraction of sp³-hybridized carbons (Fsp3) is 0.409. The Balaban J connectivity index is 1.29. The highest BCUT2D eigenvalue weighted by molar-refractivity contribution is 7.15. The standard InChI is InChI=1S/C22H23F2N5OS/c1-12-25-10-21(31-12)16-9-20(30)17(8-18(16)24)19-2-3-22(28-27-19)29-5-4-14(11-29)26-15-6-13(23)7-15/h2-3,8-10,13-15,26,30H,4-7,11H2,1H3/t13-,14-,15+/m1/s1. The third-order valence-corrected chi connectivity index (χ3v) is 6.91. The second kappa shape index (κ2) is 8.12. The van der Waals surface area contributed by atoms with E-state index in [4.69, 9.17) is 0 Å². The number of hydrogen-bond donors (Lipinski definition) is 2. The van der Waals surface area contributed by atoms with E-state index in [1.54, 1.807) is 12.3 Å². The van der Waals surface area contributed by atoms with Crippen LogP contribution in [0.25, 0.3) is 21.7 Å². The van der Waals surface area contributed by atoms with Crippen molar-refractivity contribution in [2.24, 2.45) is 0 Å². The van der Waals surface area contributed by atoms with E-state index < -0.39 is 12.0 Å². The minimum atomic E-state index is -0.658. The molecular weight excluding hydrogens is 420 g/mol. The van der Waals surface area contributed by atoms with Crippen LogP contribution in [0.15, 0.2) is 30.5 Å². The van der Waals surface area contributed by atoms with Crippen LogP contribution in [0.3, 0.4) is 0 Å². The predicted molar refractivity (Wildman–Crippen MR) is 117 cm³/mol. The van der Waals surface area contributed by atoms with Crippen LogP contribution in [0.5, 0.6) is 5.75 Å². The van der Waals surface area contributed by atoms with Gasteiger partial charge in [0.1, 0.15) is 17.7 Å². The molecule has 2 N–H and O–H groups in total. The highest BCUT2D eigenvalue weighted by Gasteiger charge is 2.33. The number of alkyl halides is 1. The van der Waals surface area contributed by atoms with E-state index in [9.17, 15) is 13.9 Å². The first-order valence-corrected chi connectivity index (χ1v) is 11.2. The number of aryl methyl sites for hydroxylation is 1. The molecule has 0 unspecified atom stereocenters. The minimum absolute atomic E-state index is 0.0541. The summed E-state index contributed by atoms with van der Waals surface area (Å²) in [5.41, 5.74) is 1.02. The van der Waals surface area contributed by atoms with Gasteiger partial charge in [0, 0.05) is 42.5 Å². The number of benzene rings is 1. The van der Waals surface area contributed by atoms with E-state index >= 15 is 0 Å². The molecule has 3 heterocycles. The Labute approximate surface area is 183 Å². The summed E-state index contributed by atoms with van der Waals surface area (Å²) in [7, 11) is 0. The van der Waals surface area contributed by atoms with Crippen LogP contribution in [0.1, 0.15) is 24.3 Å². The number of rotatable bonds is 5. The Morgan fingerprint density at radius 1 is 1.16 bits per heavy atom. The summed E-state index contributed by atoms with van der Waals surface area (Å²) < 4.78 is 27.7. The third-order valence-electron chi connectivity index (χ3n) is 5.96. The van der Waals surface area contributed by atoms with Gasteiger partial charge in [0.25, 0.3) is 0 Å². The Morgan fingerprint density at radius 2 is 2.00 bits per heavy atom. The largest absolute Gasteiger partial charge is 0.507 e. The fourth-order valence-corrected chi connectivity index (χ4v) is 5.00. The molecule has 0 spiro atoms. The van der Waals surface area contributed by atoms with Crippen LogP contribution in [0.2, 0.25) is 0 Å². The maximum absolute atomic E-state index is 14.7. The Kier molecular flexibility index (Phi) is 5.31. The number of nitrogens with zero attached hydrogens (tertiary/aromatic N) is 4. The van der Waals surface area contributed by atoms with Crippen molar-refractivity contribution in [2.75, 3.05) is 18.0 Å². The molecule has 162 valence electrons. The normalized spacial score (nSPS) is 23.2. The molecule has 0 amide bonds.